The van der Waals surface area contributed by atoms with Crippen LogP contribution in [0.25, 0.3) is 5.57 Å². The lowest BCUT2D eigenvalue weighted by Gasteiger charge is -2.11. The second-order valence-electron chi connectivity index (χ2n) is 3.74. The van der Waals surface area contributed by atoms with Crippen LogP contribution >= 0.6 is 0 Å². The fraction of sp³-hybridized carbons (Fsp3) is 0.200. The molecule has 4 heteroatoms. The maximum Gasteiger partial charge on any atom is 0.148 e. The van der Waals surface area contributed by atoms with E-state index < -0.39 is 0 Å². The third-order valence-electron chi connectivity index (χ3n) is 2.68. The topological polar surface area (TPSA) is 83.4 Å². The van der Waals surface area contributed by atoms with Crippen LogP contribution in [0.15, 0.2) is 23.8 Å². The average molecular weight is 249 g/mol. The summed E-state index contributed by atoms with van der Waals surface area (Å²) in [6, 6.07) is 10.8. The number of hydrogen-bond acceptors (Lipinski definition) is 4. The molecule has 0 fully saturated rings. The van der Waals surface area contributed by atoms with Gasteiger partial charge in [-0.2, -0.15) is 15.8 Å². The minimum absolute atomic E-state index is 0.112. The van der Waals surface area contributed by atoms with Crippen LogP contribution in [0, 0.1) is 40.9 Å². The Labute approximate surface area is 113 Å². The highest BCUT2D eigenvalue weighted by atomic mass is 14.9. The quantitative estimate of drug-likeness (QED) is 0.831. The third-order valence-corrected chi connectivity index (χ3v) is 2.68. The summed E-state index contributed by atoms with van der Waals surface area (Å²) in [5.74, 6) is 0. The van der Waals surface area contributed by atoms with Gasteiger partial charge in [0, 0.05) is 12.2 Å². The zero-order valence-electron chi connectivity index (χ0n) is 10.7. The van der Waals surface area contributed by atoms with E-state index >= 15 is 0 Å². The SMILES string of the molecule is [CH2]CNc1ccc(C(C#N)=C(C#N)C#N)cc1CC. The van der Waals surface area contributed by atoms with Crippen LogP contribution in [0.2, 0.25) is 0 Å². The minimum Gasteiger partial charge on any atom is -0.385 e. The molecule has 0 aliphatic heterocycles. The molecule has 0 amide bonds. The van der Waals surface area contributed by atoms with Gasteiger partial charge in [0.1, 0.15) is 23.8 Å². The van der Waals surface area contributed by atoms with Crippen molar-refractivity contribution in [3.63, 3.8) is 0 Å². The summed E-state index contributed by atoms with van der Waals surface area (Å²) in [5.41, 5.74) is 2.51. The summed E-state index contributed by atoms with van der Waals surface area (Å²) in [7, 11) is 0. The van der Waals surface area contributed by atoms with Crippen LogP contribution in [-0.2, 0) is 6.42 Å². The van der Waals surface area contributed by atoms with Crippen molar-refractivity contribution in [2.45, 2.75) is 13.3 Å². The van der Waals surface area contributed by atoms with Gasteiger partial charge < -0.3 is 5.32 Å². The number of nitrogens with zero attached hydrogens (tertiary/aromatic N) is 3. The number of anilines is 1. The maximum absolute atomic E-state index is 9.11. The predicted octanol–water partition coefficient (Wildman–Crippen LogP) is 2.82. The maximum atomic E-state index is 9.11. The van der Waals surface area contributed by atoms with E-state index in [1.54, 1.807) is 18.2 Å². The highest BCUT2D eigenvalue weighted by Crippen LogP contribution is 2.24. The van der Waals surface area contributed by atoms with Crippen LogP contribution in [-0.4, -0.2) is 6.54 Å². The monoisotopic (exact) mass is 249 g/mol. The van der Waals surface area contributed by atoms with Crippen molar-refractivity contribution in [3.05, 3.63) is 41.8 Å². The molecule has 0 unspecified atom stereocenters. The Morgan fingerprint density at radius 2 is 1.89 bits per heavy atom. The first-order valence-electron chi connectivity index (χ1n) is 5.82. The zero-order chi connectivity index (χ0) is 14.3. The smallest absolute Gasteiger partial charge is 0.148 e. The molecule has 0 spiro atoms. The van der Waals surface area contributed by atoms with E-state index in [2.05, 4.69) is 12.2 Å². The molecule has 1 aromatic rings. The van der Waals surface area contributed by atoms with Gasteiger partial charge in [0.15, 0.2) is 0 Å². The molecular weight excluding hydrogens is 236 g/mol. The molecule has 0 saturated carbocycles. The second-order valence-corrected chi connectivity index (χ2v) is 3.74. The van der Waals surface area contributed by atoms with Crippen LogP contribution < -0.4 is 5.32 Å². The molecule has 19 heavy (non-hydrogen) atoms. The molecule has 0 aliphatic carbocycles. The Balaban J connectivity index is 3.39. The largest absolute Gasteiger partial charge is 0.385 e. The van der Waals surface area contributed by atoms with Gasteiger partial charge in [-0.3, -0.25) is 0 Å². The van der Waals surface area contributed by atoms with Gasteiger partial charge in [-0.15, -0.1) is 0 Å². The van der Waals surface area contributed by atoms with E-state index in [4.69, 9.17) is 15.8 Å². The summed E-state index contributed by atoms with van der Waals surface area (Å²) in [5, 5.41) is 29.9. The molecular formula is C15H13N4. The number of aryl methyl sites for hydroxylation is 1. The zero-order valence-corrected chi connectivity index (χ0v) is 10.7. The molecule has 0 saturated heterocycles. The van der Waals surface area contributed by atoms with Crippen LogP contribution in [0.3, 0.4) is 0 Å². The second kappa shape index (κ2) is 6.84. The Kier molecular flexibility index (Phi) is 5.15. The van der Waals surface area contributed by atoms with Crippen molar-refractivity contribution >= 4 is 11.3 Å². The standard InChI is InChI=1S/C15H13N4/c1-3-11-7-12(5-6-15(11)19-4-2)14(10-18)13(8-16)9-17/h5-7,19H,2-4H2,1H3. The average Bonchev–Trinajstić information content (AvgIpc) is 2.45. The molecule has 93 valence electrons. The van der Waals surface area contributed by atoms with E-state index in [0.717, 1.165) is 17.7 Å². The molecule has 0 aromatic heterocycles. The highest BCUT2D eigenvalue weighted by molar-refractivity contribution is 5.85. The van der Waals surface area contributed by atoms with Gasteiger partial charge in [0.2, 0.25) is 0 Å². The number of benzene rings is 1. The number of nitriles is 3. The Morgan fingerprint density at radius 1 is 1.21 bits per heavy atom. The summed E-state index contributed by atoms with van der Waals surface area (Å²) >= 11 is 0. The van der Waals surface area contributed by atoms with Crippen molar-refractivity contribution in [1.82, 2.24) is 0 Å². The van der Waals surface area contributed by atoms with Gasteiger partial charge in [-0.1, -0.05) is 13.0 Å². The van der Waals surface area contributed by atoms with Crippen molar-refractivity contribution in [2.75, 3.05) is 11.9 Å². The summed E-state index contributed by atoms with van der Waals surface area (Å²) in [4.78, 5) is 0. The Hall–Kier alpha value is -2.77. The van der Waals surface area contributed by atoms with Crippen LogP contribution in [0.1, 0.15) is 18.1 Å². The van der Waals surface area contributed by atoms with E-state index in [-0.39, 0.29) is 11.1 Å². The van der Waals surface area contributed by atoms with Crippen molar-refractivity contribution in [1.29, 1.82) is 15.8 Å². The van der Waals surface area contributed by atoms with Gasteiger partial charge in [-0.25, -0.2) is 0 Å². The number of rotatable bonds is 4. The number of nitrogens with one attached hydrogen (secondary N) is 1. The van der Waals surface area contributed by atoms with Crippen LogP contribution in [0.4, 0.5) is 5.69 Å². The third kappa shape index (κ3) is 3.12. The molecule has 1 aromatic carbocycles. The van der Waals surface area contributed by atoms with Crippen molar-refractivity contribution in [3.8, 4) is 18.2 Å². The predicted molar refractivity (Wildman–Crippen MR) is 73.4 cm³/mol. The normalized spacial score (nSPS) is 8.79. The lowest BCUT2D eigenvalue weighted by Crippen LogP contribution is -2.01. The minimum atomic E-state index is -0.164. The molecule has 0 atom stereocenters. The summed E-state index contributed by atoms with van der Waals surface area (Å²) in [6.07, 6.45) is 0.781. The fourth-order valence-electron chi connectivity index (χ4n) is 1.75. The first kappa shape index (κ1) is 14.3. The lowest BCUT2D eigenvalue weighted by atomic mass is 9.98. The molecule has 0 bridgehead atoms. The first-order valence-corrected chi connectivity index (χ1v) is 5.82. The molecule has 4 nitrogen and oxygen atoms in total. The molecule has 1 N–H and O–H groups in total. The summed E-state index contributed by atoms with van der Waals surface area (Å²) in [6.45, 7) is 6.29. The molecule has 1 rings (SSSR count). The van der Waals surface area contributed by atoms with E-state index in [1.165, 1.54) is 0 Å². The number of hydrogen-bond donors (Lipinski definition) is 1. The molecule has 1 radical (unpaired) electrons. The first-order chi connectivity index (χ1) is 9.21. The fourth-order valence-corrected chi connectivity index (χ4v) is 1.75. The van der Waals surface area contributed by atoms with Gasteiger partial charge in [-0.05, 0) is 36.6 Å². The lowest BCUT2D eigenvalue weighted by molar-refractivity contribution is 1.13. The van der Waals surface area contributed by atoms with Crippen molar-refractivity contribution in [2.24, 2.45) is 0 Å². The van der Waals surface area contributed by atoms with Gasteiger partial charge in [0.25, 0.3) is 0 Å². The number of allylic oxidation sites excluding steroid dienone is 2. The van der Waals surface area contributed by atoms with Crippen molar-refractivity contribution < 1.29 is 0 Å². The molecule has 0 aliphatic rings. The summed E-state index contributed by atoms with van der Waals surface area (Å²) < 4.78 is 0. The van der Waals surface area contributed by atoms with E-state index in [0.29, 0.717) is 12.1 Å². The van der Waals surface area contributed by atoms with E-state index in [1.807, 2.05) is 25.1 Å². The van der Waals surface area contributed by atoms with E-state index in [9.17, 15) is 0 Å². The Morgan fingerprint density at radius 3 is 2.37 bits per heavy atom. The van der Waals surface area contributed by atoms with Gasteiger partial charge >= 0.3 is 0 Å². The van der Waals surface area contributed by atoms with Crippen LogP contribution in [0.5, 0.6) is 0 Å². The molecule has 0 heterocycles. The highest BCUT2D eigenvalue weighted by Gasteiger charge is 2.10. The Bertz CT molecular complexity index is 605. The van der Waals surface area contributed by atoms with Gasteiger partial charge in [0.05, 0.1) is 5.57 Å².